The van der Waals surface area contributed by atoms with Crippen molar-refractivity contribution in [2.45, 2.75) is 33.7 Å². The number of aromatic nitrogens is 2. The van der Waals surface area contributed by atoms with Gasteiger partial charge < -0.3 is 14.6 Å². The summed E-state index contributed by atoms with van der Waals surface area (Å²) in [7, 11) is 0. The molecule has 138 valence electrons. The Hall–Kier alpha value is -2.89. The third-order valence-corrected chi connectivity index (χ3v) is 3.53. The van der Waals surface area contributed by atoms with Gasteiger partial charge in [-0.05, 0) is 30.5 Å². The first-order chi connectivity index (χ1) is 12.3. The van der Waals surface area contributed by atoms with Gasteiger partial charge in [0.05, 0.1) is 12.9 Å². The molecule has 0 radical (unpaired) electrons. The van der Waals surface area contributed by atoms with Crippen LogP contribution < -0.4 is 5.32 Å². The molecule has 2 rings (SSSR count). The number of imidazole rings is 1. The van der Waals surface area contributed by atoms with Crippen molar-refractivity contribution < 1.29 is 14.3 Å². The molecule has 1 aromatic carbocycles. The molecule has 2 aromatic rings. The number of allylic oxidation sites excluding steroid dienone is 1. The monoisotopic (exact) mass is 355 g/mol. The maximum absolute atomic E-state index is 12.6. The minimum Gasteiger partial charge on any atom is -0.464 e. The summed E-state index contributed by atoms with van der Waals surface area (Å²) >= 11 is 0. The van der Waals surface area contributed by atoms with E-state index in [4.69, 9.17) is 4.74 Å². The maximum atomic E-state index is 12.6. The molecule has 0 bridgehead atoms. The van der Waals surface area contributed by atoms with Gasteiger partial charge in [0.15, 0.2) is 0 Å². The highest BCUT2D eigenvalue weighted by Crippen LogP contribution is 2.15. The van der Waals surface area contributed by atoms with Gasteiger partial charge in [0, 0.05) is 23.6 Å². The van der Waals surface area contributed by atoms with E-state index < -0.39 is 12.0 Å². The molecule has 1 aromatic heterocycles. The van der Waals surface area contributed by atoms with E-state index in [1.54, 1.807) is 54.5 Å². The number of hydrogen-bond acceptors (Lipinski definition) is 4. The molecule has 0 fully saturated rings. The number of nitrogens with one attached hydrogen (secondary N) is 1. The Kier molecular flexibility index (Phi) is 6.33. The highest BCUT2D eigenvalue weighted by Gasteiger charge is 2.21. The van der Waals surface area contributed by atoms with Crippen LogP contribution in [0.15, 0.2) is 55.1 Å². The zero-order chi connectivity index (χ0) is 19.2. The van der Waals surface area contributed by atoms with E-state index in [9.17, 15) is 9.59 Å². The normalized spacial score (nSPS) is 12.8. The lowest BCUT2D eigenvalue weighted by molar-refractivity contribution is -0.144. The lowest BCUT2D eigenvalue weighted by Gasteiger charge is -2.17. The number of rotatable bonds is 6. The van der Waals surface area contributed by atoms with Gasteiger partial charge in [0.25, 0.3) is 5.91 Å². The van der Waals surface area contributed by atoms with Gasteiger partial charge in [0.1, 0.15) is 6.04 Å². The van der Waals surface area contributed by atoms with Gasteiger partial charge >= 0.3 is 5.97 Å². The van der Waals surface area contributed by atoms with Crippen molar-refractivity contribution >= 4 is 11.9 Å². The molecule has 26 heavy (non-hydrogen) atoms. The number of benzene rings is 1. The summed E-state index contributed by atoms with van der Waals surface area (Å²) in [5, 5.41) is 2.74. The Balaban J connectivity index is 2.19. The SMILES string of the molecule is CCOC(=O)C(/C=C/C(C)(C)C)NC(=O)c1cccc(-n2ccnc2)c1. The molecule has 0 saturated carbocycles. The minimum atomic E-state index is -0.835. The van der Waals surface area contributed by atoms with Crippen molar-refractivity contribution in [2.75, 3.05) is 6.61 Å². The van der Waals surface area contributed by atoms with Crippen LogP contribution in [0.25, 0.3) is 5.69 Å². The molecule has 0 aliphatic rings. The number of amides is 1. The molecule has 6 heteroatoms. The van der Waals surface area contributed by atoms with E-state index in [-0.39, 0.29) is 17.9 Å². The lowest BCUT2D eigenvalue weighted by atomic mass is 9.95. The first kappa shape index (κ1) is 19.4. The minimum absolute atomic E-state index is 0.114. The second kappa shape index (κ2) is 8.47. The predicted molar refractivity (Wildman–Crippen MR) is 100 cm³/mol. The number of carbonyl (C=O) groups is 2. The van der Waals surface area contributed by atoms with Gasteiger partial charge in [0.2, 0.25) is 0 Å². The zero-order valence-corrected chi connectivity index (χ0v) is 15.6. The van der Waals surface area contributed by atoms with Crippen molar-refractivity contribution in [3.8, 4) is 5.69 Å². The molecule has 0 aliphatic heterocycles. The summed E-state index contributed by atoms with van der Waals surface area (Å²) < 4.78 is 6.88. The summed E-state index contributed by atoms with van der Waals surface area (Å²) in [6.45, 7) is 8.04. The van der Waals surface area contributed by atoms with Crippen LogP contribution in [0.1, 0.15) is 38.1 Å². The maximum Gasteiger partial charge on any atom is 0.332 e. The van der Waals surface area contributed by atoms with E-state index in [2.05, 4.69) is 10.3 Å². The fourth-order valence-corrected chi connectivity index (χ4v) is 2.25. The van der Waals surface area contributed by atoms with Crippen LogP contribution in [0.5, 0.6) is 0 Å². The van der Waals surface area contributed by atoms with E-state index in [0.29, 0.717) is 5.56 Å². The number of ether oxygens (including phenoxy) is 1. The van der Waals surface area contributed by atoms with E-state index >= 15 is 0 Å². The Labute approximate surface area is 153 Å². The number of esters is 1. The first-order valence-electron chi connectivity index (χ1n) is 8.55. The quantitative estimate of drug-likeness (QED) is 0.638. The fourth-order valence-electron chi connectivity index (χ4n) is 2.25. The highest BCUT2D eigenvalue weighted by atomic mass is 16.5. The van der Waals surface area contributed by atoms with Gasteiger partial charge in [-0.25, -0.2) is 9.78 Å². The van der Waals surface area contributed by atoms with Crippen molar-refractivity contribution in [1.29, 1.82) is 0 Å². The molecular weight excluding hydrogens is 330 g/mol. The average Bonchev–Trinajstić information content (AvgIpc) is 3.12. The molecular formula is C20H25N3O3. The fraction of sp³-hybridized carbons (Fsp3) is 0.350. The third kappa shape index (κ3) is 5.58. The second-order valence-corrected chi connectivity index (χ2v) is 6.95. The molecule has 0 aliphatic carbocycles. The van der Waals surface area contributed by atoms with Crippen LogP contribution in [-0.4, -0.2) is 34.1 Å². The smallest absolute Gasteiger partial charge is 0.332 e. The number of nitrogens with zero attached hydrogens (tertiary/aromatic N) is 2. The molecule has 0 saturated heterocycles. The van der Waals surface area contributed by atoms with Crippen LogP contribution in [0, 0.1) is 5.41 Å². The number of hydrogen-bond donors (Lipinski definition) is 1. The van der Waals surface area contributed by atoms with Crippen molar-refractivity contribution in [2.24, 2.45) is 5.41 Å². The lowest BCUT2D eigenvalue weighted by Crippen LogP contribution is -2.40. The van der Waals surface area contributed by atoms with Gasteiger partial charge in [-0.2, -0.15) is 0 Å². The van der Waals surface area contributed by atoms with E-state index in [0.717, 1.165) is 5.69 Å². The van der Waals surface area contributed by atoms with Crippen LogP contribution in [0.3, 0.4) is 0 Å². The molecule has 1 atom stereocenters. The molecule has 1 amide bonds. The van der Waals surface area contributed by atoms with Gasteiger partial charge in [-0.3, -0.25) is 4.79 Å². The molecule has 0 spiro atoms. The average molecular weight is 355 g/mol. The Morgan fingerprint density at radius 1 is 1.35 bits per heavy atom. The summed E-state index contributed by atoms with van der Waals surface area (Å²) in [6, 6.07) is 6.27. The van der Waals surface area contributed by atoms with Crippen molar-refractivity contribution in [3.63, 3.8) is 0 Å². The molecule has 1 heterocycles. The summed E-state index contributed by atoms with van der Waals surface area (Å²) in [5.41, 5.74) is 1.15. The van der Waals surface area contributed by atoms with Crippen LogP contribution in [0.2, 0.25) is 0 Å². The van der Waals surface area contributed by atoms with Gasteiger partial charge in [-0.1, -0.05) is 39.0 Å². The van der Waals surface area contributed by atoms with Crippen molar-refractivity contribution in [3.05, 3.63) is 60.7 Å². The van der Waals surface area contributed by atoms with Crippen molar-refractivity contribution in [1.82, 2.24) is 14.9 Å². The largest absolute Gasteiger partial charge is 0.464 e. The Bertz CT molecular complexity index is 774. The summed E-state index contributed by atoms with van der Waals surface area (Å²) in [4.78, 5) is 28.8. The first-order valence-corrected chi connectivity index (χ1v) is 8.55. The summed E-state index contributed by atoms with van der Waals surface area (Å²) in [6.07, 6.45) is 8.68. The Morgan fingerprint density at radius 2 is 2.12 bits per heavy atom. The van der Waals surface area contributed by atoms with Crippen LogP contribution >= 0.6 is 0 Å². The topological polar surface area (TPSA) is 73.2 Å². The molecule has 1 unspecified atom stereocenters. The Morgan fingerprint density at radius 3 is 2.73 bits per heavy atom. The zero-order valence-electron chi connectivity index (χ0n) is 15.6. The van der Waals surface area contributed by atoms with E-state index in [1.807, 2.05) is 32.9 Å². The predicted octanol–water partition coefficient (Wildman–Crippen LogP) is 3.14. The standard InChI is InChI=1S/C20H25N3O3/c1-5-26-19(25)17(9-10-20(2,3)4)22-18(24)15-7-6-8-16(13-15)23-12-11-21-14-23/h6-14,17H,5H2,1-4H3,(H,22,24)/b10-9+. The van der Waals surface area contributed by atoms with Gasteiger partial charge in [-0.15, -0.1) is 0 Å². The number of carbonyl (C=O) groups excluding carboxylic acids is 2. The molecule has 1 N–H and O–H groups in total. The third-order valence-electron chi connectivity index (χ3n) is 3.53. The van der Waals surface area contributed by atoms with E-state index in [1.165, 1.54) is 0 Å². The summed E-state index contributed by atoms with van der Waals surface area (Å²) in [5.74, 6) is -0.823. The molecule has 6 nitrogen and oxygen atoms in total. The second-order valence-electron chi connectivity index (χ2n) is 6.95. The van der Waals surface area contributed by atoms with Crippen LogP contribution in [0.4, 0.5) is 0 Å². The highest BCUT2D eigenvalue weighted by molar-refractivity contribution is 5.97. The van der Waals surface area contributed by atoms with Crippen LogP contribution in [-0.2, 0) is 9.53 Å².